The minimum atomic E-state index is 0.815. The molecule has 0 spiro atoms. The van der Waals surface area contributed by atoms with Crippen molar-refractivity contribution in [2.24, 2.45) is 17.8 Å². The fourth-order valence-electron chi connectivity index (χ4n) is 2.74. The molecule has 1 atom stereocenters. The second kappa shape index (κ2) is 8.08. The third-order valence-electron chi connectivity index (χ3n) is 3.85. The Morgan fingerprint density at radius 1 is 1.25 bits per heavy atom. The van der Waals surface area contributed by atoms with Gasteiger partial charge in [-0.1, -0.05) is 39.5 Å². The number of methoxy groups -OCH3 is 1. The quantitative estimate of drug-likeness (QED) is 0.675. The van der Waals surface area contributed by atoms with Crippen molar-refractivity contribution in [1.82, 2.24) is 5.32 Å². The molecule has 0 aromatic carbocycles. The zero-order valence-corrected chi connectivity index (χ0v) is 11.3. The molecule has 1 aliphatic carbocycles. The van der Waals surface area contributed by atoms with Gasteiger partial charge < -0.3 is 10.1 Å². The zero-order chi connectivity index (χ0) is 11.8. The van der Waals surface area contributed by atoms with E-state index in [9.17, 15) is 0 Å². The van der Waals surface area contributed by atoms with Crippen LogP contribution in [0, 0.1) is 17.8 Å². The van der Waals surface area contributed by atoms with Gasteiger partial charge in [0.25, 0.3) is 0 Å². The van der Waals surface area contributed by atoms with Gasteiger partial charge >= 0.3 is 0 Å². The first-order valence-corrected chi connectivity index (χ1v) is 6.92. The van der Waals surface area contributed by atoms with Crippen molar-refractivity contribution in [2.75, 3.05) is 26.8 Å². The van der Waals surface area contributed by atoms with E-state index in [0.29, 0.717) is 0 Å². The predicted molar refractivity (Wildman–Crippen MR) is 69.6 cm³/mol. The van der Waals surface area contributed by atoms with E-state index in [4.69, 9.17) is 4.74 Å². The van der Waals surface area contributed by atoms with Crippen LogP contribution in [0.15, 0.2) is 0 Å². The van der Waals surface area contributed by atoms with Crippen LogP contribution in [0.2, 0.25) is 0 Å². The van der Waals surface area contributed by atoms with Crippen LogP contribution in [0.5, 0.6) is 0 Å². The number of rotatable bonds is 7. The lowest BCUT2D eigenvalue weighted by molar-refractivity contribution is 0.195. The molecule has 0 amide bonds. The lowest BCUT2D eigenvalue weighted by atomic mass is 9.79. The first-order valence-electron chi connectivity index (χ1n) is 6.92. The lowest BCUT2D eigenvalue weighted by Gasteiger charge is -2.28. The van der Waals surface area contributed by atoms with E-state index in [2.05, 4.69) is 19.2 Å². The Balaban J connectivity index is 2.02. The Kier molecular flexibility index (Phi) is 7.06. The monoisotopic (exact) mass is 227 g/mol. The smallest absolute Gasteiger partial charge is 0.0587 e. The summed E-state index contributed by atoms with van der Waals surface area (Å²) >= 11 is 0. The van der Waals surface area contributed by atoms with Gasteiger partial charge in [0.15, 0.2) is 0 Å². The average molecular weight is 227 g/mol. The third kappa shape index (κ3) is 5.86. The molecule has 16 heavy (non-hydrogen) atoms. The van der Waals surface area contributed by atoms with Gasteiger partial charge in [-0.25, -0.2) is 0 Å². The van der Waals surface area contributed by atoms with Crippen molar-refractivity contribution in [3.05, 3.63) is 0 Å². The zero-order valence-electron chi connectivity index (χ0n) is 11.3. The number of hydrogen-bond acceptors (Lipinski definition) is 2. The summed E-state index contributed by atoms with van der Waals surface area (Å²) in [6, 6.07) is 0. The SMILES string of the molecule is COCCNCC(C)CC1CCC(C)CC1. The minimum Gasteiger partial charge on any atom is -0.383 e. The van der Waals surface area contributed by atoms with Crippen LogP contribution < -0.4 is 5.32 Å². The second-order valence-corrected chi connectivity index (χ2v) is 5.66. The summed E-state index contributed by atoms with van der Waals surface area (Å²) in [7, 11) is 1.76. The third-order valence-corrected chi connectivity index (χ3v) is 3.85. The van der Waals surface area contributed by atoms with E-state index in [1.165, 1.54) is 32.1 Å². The van der Waals surface area contributed by atoms with Gasteiger partial charge in [-0.05, 0) is 30.7 Å². The first kappa shape index (κ1) is 14.0. The highest BCUT2D eigenvalue weighted by Gasteiger charge is 2.19. The highest BCUT2D eigenvalue weighted by Crippen LogP contribution is 2.32. The molecule has 2 nitrogen and oxygen atoms in total. The summed E-state index contributed by atoms with van der Waals surface area (Å²) in [5.74, 6) is 2.79. The van der Waals surface area contributed by atoms with Crippen LogP contribution in [0.3, 0.4) is 0 Å². The molecule has 1 fully saturated rings. The van der Waals surface area contributed by atoms with Crippen LogP contribution in [-0.4, -0.2) is 26.8 Å². The Labute approximate surface area is 101 Å². The Morgan fingerprint density at radius 3 is 2.56 bits per heavy atom. The van der Waals surface area contributed by atoms with Crippen LogP contribution in [-0.2, 0) is 4.74 Å². The average Bonchev–Trinajstić information content (AvgIpc) is 2.28. The minimum absolute atomic E-state index is 0.815. The standard InChI is InChI=1S/C14H29NO/c1-12-4-6-14(7-5-12)10-13(2)11-15-8-9-16-3/h12-15H,4-11H2,1-3H3. The molecule has 0 bridgehead atoms. The summed E-state index contributed by atoms with van der Waals surface area (Å²) in [4.78, 5) is 0. The molecule has 96 valence electrons. The number of hydrogen-bond donors (Lipinski definition) is 1. The summed E-state index contributed by atoms with van der Waals surface area (Å²) in [6.45, 7) is 7.73. The van der Waals surface area contributed by atoms with E-state index in [1.54, 1.807) is 7.11 Å². The van der Waals surface area contributed by atoms with E-state index < -0.39 is 0 Å². The molecule has 0 aromatic rings. The molecule has 0 aliphatic heterocycles. The van der Waals surface area contributed by atoms with E-state index in [0.717, 1.165) is 37.5 Å². The van der Waals surface area contributed by atoms with Crippen LogP contribution in [0.4, 0.5) is 0 Å². The molecule has 0 aromatic heterocycles. The molecule has 1 rings (SSSR count). The van der Waals surface area contributed by atoms with Crippen molar-refractivity contribution in [1.29, 1.82) is 0 Å². The van der Waals surface area contributed by atoms with Crippen molar-refractivity contribution in [2.45, 2.75) is 46.0 Å². The van der Waals surface area contributed by atoms with Crippen LogP contribution >= 0.6 is 0 Å². The maximum Gasteiger partial charge on any atom is 0.0587 e. The summed E-state index contributed by atoms with van der Waals surface area (Å²) < 4.78 is 5.02. The molecule has 1 N–H and O–H groups in total. The molecular weight excluding hydrogens is 198 g/mol. The lowest BCUT2D eigenvalue weighted by Crippen LogP contribution is -2.26. The molecule has 0 heterocycles. The molecule has 1 unspecified atom stereocenters. The first-order chi connectivity index (χ1) is 7.72. The van der Waals surface area contributed by atoms with Crippen LogP contribution in [0.25, 0.3) is 0 Å². The van der Waals surface area contributed by atoms with Gasteiger partial charge in [0.1, 0.15) is 0 Å². The van der Waals surface area contributed by atoms with Crippen molar-refractivity contribution in [3.8, 4) is 0 Å². The summed E-state index contributed by atoms with van der Waals surface area (Å²) in [6.07, 6.45) is 7.24. The fourth-order valence-corrected chi connectivity index (χ4v) is 2.74. The largest absolute Gasteiger partial charge is 0.383 e. The topological polar surface area (TPSA) is 21.3 Å². The normalized spacial score (nSPS) is 27.9. The predicted octanol–water partition coefficient (Wildman–Crippen LogP) is 3.07. The Hall–Kier alpha value is -0.0800. The van der Waals surface area contributed by atoms with Gasteiger partial charge in [-0.3, -0.25) is 0 Å². The maximum atomic E-state index is 5.02. The van der Waals surface area contributed by atoms with Crippen LogP contribution in [0.1, 0.15) is 46.0 Å². The van der Waals surface area contributed by atoms with Crippen molar-refractivity contribution >= 4 is 0 Å². The Morgan fingerprint density at radius 2 is 1.94 bits per heavy atom. The van der Waals surface area contributed by atoms with Gasteiger partial charge in [0.05, 0.1) is 6.61 Å². The van der Waals surface area contributed by atoms with Gasteiger partial charge in [-0.15, -0.1) is 0 Å². The highest BCUT2D eigenvalue weighted by molar-refractivity contribution is 4.72. The maximum absolute atomic E-state index is 5.02. The van der Waals surface area contributed by atoms with E-state index >= 15 is 0 Å². The number of ether oxygens (including phenoxy) is 1. The molecular formula is C14H29NO. The molecule has 0 radical (unpaired) electrons. The number of nitrogens with one attached hydrogen (secondary N) is 1. The molecule has 2 heteroatoms. The van der Waals surface area contributed by atoms with Crippen molar-refractivity contribution < 1.29 is 4.74 Å². The van der Waals surface area contributed by atoms with Gasteiger partial charge in [0.2, 0.25) is 0 Å². The molecule has 1 aliphatic rings. The van der Waals surface area contributed by atoms with E-state index in [1.807, 2.05) is 0 Å². The molecule has 1 saturated carbocycles. The summed E-state index contributed by atoms with van der Waals surface area (Å²) in [5.41, 5.74) is 0. The second-order valence-electron chi connectivity index (χ2n) is 5.66. The van der Waals surface area contributed by atoms with Gasteiger partial charge in [0, 0.05) is 13.7 Å². The fraction of sp³-hybridized carbons (Fsp3) is 1.00. The van der Waals surface area contributed by atoms with Crippen molar-refractivity contribution in [3.63, 3.8) is 0 Å². The van der Waals surface area contributed by atoms with Gasteiger partial charge in [-0.2, -0.15) is 0 Å². The Bertz CT molecular complexity index is 164. The molecule has 0 saturated heterocycles. The van der Waals surface area contributed by atoms with E-state index in [-0.39, 0.29) is 0 Å². The highest BCUT2D eigenvalue weighted by atomic mass is 16.5. The summed E-state index contributed by atoms with van der Waals surface area (Å²) in [5, 5.41) is 3.46.